The van der Waals surface area contributed by atoms with Gasteiger partial charge in [-0.1, -0.05) is 25.9 Å². The van der Waals surface area contributed by atoms with Gasteiger partial charge in [0.05, 0.1) is 17.8 Å². The SMILES string of the molecule is CCC(O)Cc1nc(C2CSC(C)C(C)S2)no1. The monoisotopic (exact) mass is 288 g/mol. The van der Waals surface area contributed by atoms with Crippen LogP contribution >= 0.6 is 23.5 Å². The third kappa shape index (κ3) is 3.42. The van der Waals surface area contributed by atoms with Crippen LogP contribution in [0.4, 0.5) is 0 Å². The molecule has 1 aromatic heterocycles. The molecule has 0 bridgehead atoms. The maximum absolute atomic E-state index is 9.57. The first kappa shape index (κ1) is 14.2. The van der Waals surface area contributed by atoms with Crippen molar-refractivity contribution in [2.24, 2.45) is 0 Å². The molecule has 102 valence electrons. The molecule has 1 aliphatic rings. The molecular weight excluding hydrogens is 268 g/mol. The number of hydrogen-bond acceptors (Lipinski definition) is 6. The maximum Gasteiger partial charge on any atom is 0.229 e. The first-order valence-electron chi connectivity index (χ1n) is 6.37. The Morgan fingerprint density at radius 3 is 2.89 bits per heavy atom. The molecule has 4 nitrogen and oxygen atoms in total. The molecule has 2 heterocycles. The van der Waals surface area contributed by atoms with Gasteiger partial charge in [-0.15, -0.1) is 11.8 Å². The predicted octanol–water partition coefficient (Wildman–Crippen LogP) is 2.68. The highest BCUT2D eigenvalue weighted by molar-refractivity contribution is 8.07. The first-order chi connectivity index (χ1) is 8.60. The molecule has 4 atom stereocenters. The van der Waals surface area contributed by atoms with E-state index in [0.29, 0.717) is 34.5 Å². The first-order valence-corrected chi connectivity index (χ1v) is 8.37. The molecule has 0 saturated carbocycles. The quantitative estimate of drug-likeness (QED) is 0.919. The van der Waals surface area contributed by atoms with Crippen molar-refractivity contribution in [2.75, 3.05) is 5.75 Å². The van der Waals surface area contributed by atoms with Crippen LogP contribution in [-0.2, 0) is 6.42 Å². The minimum atomic E-state index is -0.384. The molecule has 1 fully saturated rings. The van der Waals surface area contributed by atoms with Crippen LogP contribution in [-0.4, -0.2) is 37.6 Å². The Morgan fingerprint density at radius 1 is 1.44 bits per heavy atom. The Morgan fingerprint density at radius 2 is 2.22 bits per heavy atom. The van der Waals surface area contributed by atoms with Crippen LogP contribution in [0.2, 0.25) is 0 Å². The Bertz CT molecular complexity index is 386. The van der Waals surface area contributed by atoms with Crippen LogP contribution < -0.4 is 0 Å². The Labute approximate surface area is 116 Å². The summed E-state index contributed by atoms with van der Waals surface area (Å²) in [7, 11) is 0. The summed E-state index contributed by atoms with van der Waals surface area (Å²) in [6, 6.07) is 0. The number of aliphatic hydroxyl groups excluding tert-OH is 1. The lowest BCUT2D eigenvalue weighted by atomic mass is 10.2. The lowest BCUT2D eigenvalue weighted by molar-refractivity contribution is 0.158. The summed E-state index contributed by atoms with van der Waals surface area (Å²) in [5.41, 5.74) is 0. The third-order valence-corrected chi connectivity index (χ3v) is 6.59. The van der Waals surface area contributed by atoms with E-state index in [1.807, 2.05) is 30.4 Å². The van der Waals surface area contributed by atoms with Crippen molar-refractivity contribution in [2.45, 2.75) is 55.5 Å². The normalized spacial score (nSPS) is 30.3. The molecule has 0 spiro atoms. The lowest BCUT2D eigenvalue weighted by Crippen LogP contribution is -2.22. The molecule has 0 radical (unpaired) electrons. The smallest absolute Gasteiger partial charge is 0.229 e. The van der Waals surface area contributed by atoms with Gasteiger partial charge in [0.25, 0.3) is 0 Å². The summed E-state index contributed by atoms with van der Waals surface area (Å²) in [6.07, 6.45) is 0.783. The van der Waals surface area contributed by atoms with Gasteiger partial charge in [0.2, 0.25) is 5.89 Å². The average Bonchev–Trinajstić information content (AvgIpc) is 2.81. The molecule has 1 aliphatic heterocycles. The highest BCUT2D eigenvalue weighted by atomic mass is 32.2. The Balaban J connectivity index is 1.97. The summed E-state index contributed by atoms with van der Waals surface area (Å²) in [4.78, 5) is 4.41. The number of aromatic nitrogens is 2. The van der Waals surface area contributed by atoms with E-state index in [-0.39, 0.29) is 6.10 Å². The van der Waals surface area contributed by atoms with E-state index in [9.17, 15) is 5.11 Å². The van der Waals surface area contributed by atoms with Gasteiger partial charge in [0.15, 0.2) is 5.82 Å². The van der Waals surface area contributed by atoms with Crippen LogP contribution in [0, 0.1) is 0 Å². The molecule has 6 heteroatoms. The van der Waals surface area contributed by atoms with Gasteiger partial charge < -0.3 is 9.63 Å². The van der Waals surface area contributed by atoms with Crippen LogP contribution in [0.25, 0.3) is 0 Å². The Hall–Kier alpha value is -0.200. The summed E-state index contributed by atoms with van der Waals surface area (Å²) in [5, 5.41) is 15.2. The second-order valence-corrected chi connectivity index (χ2v) is 7.68. The standard InChI is InChI=1S/C12H20N2O2S2/c1-4-9(15)5-11-13-12(14-16-11)10-6-17-7(2)8(3)18-10/h7-10,15H,4-6H2,1-3H3. The number of nitrogens with zero attached hydrogens (tertiary/aromatic N) is 2. The molecule has 1 N–H and O–H groups in total. The van der Waals surface area contributed by atoms with Crippen molar-refractivity contribution in [1.82, 2.24) is 10.1 Å². The minimum Gasteiger partial charge on any atom is -0.393 e. The molecule has 2 rings (SSSR count). The van der Waals surface area contributed by atoms with E-state index in [1.54, 1.807) is 0 Å². The third-order valence-electron chi connectivity index (χ3n) is 3.20. The van der Waals surface area contributed by atoms with E-state index in [1.165, 1.54) is 0 Å². The van der Waals surface area contributed by atoms with Crippen molar-refractivity contribution < 1.29 is 9.63 Å². The topological polar surface area (TPSA) is 59.2 Å². The van der Waals surface area contributed by atoms with E-state index >= 15 is 0 Å². The number of thioether (sulfide) groups is 2. The molecule has 1 saturated heterocycles. The highest BCUT2D eigenvalue weighted by Crippen LogP contribution is 2.43. The maximum atomic E-state index is 9.57. The number of aliphatic hydroxyl groups is 1. The van der Waals surface area contributed by atoms with Gasteiger partial charge in [-0.2, -0.15) is 16.7 Å². The second kappa shape index (κ2) is 6.30. The molecule has 0 aliphatic carbocycles. The molecule has 18 heavy (non-hydrogen) atoms. The fourth-order valence-corrected chi connectivity index (χ4v) is 4.58. The van der Waals surface area contributed by atoms with E-state index < -0.39 is 0 Å². The molecular formula is C12H20N2O2S2. The van der Waals surface area contributed by atoms with Gasteiger partial charge >= 0.3 is 0 Å². The molecule has 0 amide bonds. The van der Waals surface area contributed by atoms with Gasteiger partial charge in [-0.3, -0.25) is 0 Å². The summed E-state index contributed by atoms with van der Waals surface area (Å²) in [6.45, 7) is 6.45. The lowest BCUT2D eigenvalue weighted by Gasteiger charge is -2.29. The van der Waals surface area contributed by atoms with E-state index in [2.05, 4.69) is 24.0 Å². The van der Waals surface area contributed by atoms with Crippen molar-refractivity contribution in [3.63, 3.8) is 0 Å². The van der Waals surface area contributed by atoms with Crippen molar-refractivity contribution in [1.29, 1.82) is 0 Å². The van der Waals surface area contributed by atoms with Crippen LogP contribution in [0.3, 0.4) is 0 Å². The van der Waals surface area contributed by atoms with Gasteiger partial charge in [-0.05, 0) is 6.42 Å². The van der Waals surface area contributed by atoms with Crippen LogP contribution in [0.15, 0.2) is 4.52 Å². The van der Waals surface area contributed by atoms with E-state index in [4.69, 9.17) is 4.52 Å². The zero-order valence-electron chi connectivity index (χ0n) is 11.0. The zero-order chi connectivity index (χ0) is 13.1. The van der Waals surface area contributed by atoms with Crippen LogP contribution in [0.1, 0.15) is 44.2 Å². The molecule has 0 aromatic carbocycles. The fraction of sp³-hybridized carbons (Fsp3) is 0.833. The van der Waals surface area contributed by atoms with Crippen molar-refractivity contribution in [3.8, 4) is 0 Å². The molecule has 4 unspecified atom stereocenters. The summed E-state index contributed by atoms with van der Waals surface area (Å²) in [5.74, 6) is 2.37. The van der Waals surface area contributed by atoms with Gasteiger partial charge in [-0.25, -0.2) is 0 Å². The zero-order valence-corrected chi connectivity index (χ0v) is 12.6. The van der Waals surface area contributed by atoms with Gasteiger partial charge in [0.1, 0.15) is 0 Å². The average molecular weight is 288 g/mol. The summed E-state index contributed by atoms with van der Waals surface area (Å²) < 4.78 is 5.21. The highest BCUT2D eigenvalue weighted by Gasteiger charge is 2.29. The molecule has 1 aromatic rings. The van der Waals surface area contributed by atoms with Crippen LogP contribution in [0.5, 0.6) is 0 Å². The fourth-order valence-electron chi connectivity index (χ4n) is 1.75. The van der Waals surface area contributed by atoms with Gasteiger partial charge in [0, 0.05) is 16.3 Å². The predicted molar refractivity (Wildman–Crippen MR) is 76.0 cm³/mol. The number of hydrogen-bond donors (Lipinski definition) is 1. The largest absolute Gasteiger partial charge is 0.393 e. The van der Waals surface area contributed by atoms with Crippen molar-refractivity contribution in [3.05, 3.63) is 11.7 Å². The Kier molecular flexibility index (Phi) is 4.98. The van der Waals surface area contributed by atoms with E-state index in [0.717, 1.165) is 11.6 Å². The second-order valence-electron chi connectivity index (χ2n) is 4.68. The minimum absolute atomic E-state index is 0.317. The van der Waals surface area contributed by atoms with Crippen molar-refractivity contribution >= 4 is 23.5 Å². The number of rotatable bonds is 4. The summed E-state index contributed by atoms with van der Waals surface area (Å²) >= 11 is 3.88.